The number of aromatic nitrogens is 1. The fraction of sp³-hybridized carbons (Fsp3) is 0.214. The zero-order chi connectivity index (χ0) is 13.5. The molecule has 0 bridgehead atoms. The Bertz CT molecular complexity index is 563. The van der Waals surface area contributed by atoms with Crippen LogP contribution in [0.3, 0.4) is 0 Å². The molecule has 1 N–H and O–H groups in total. The van der Waals surface area contributed by atoms with Crippen molar-refractivity contribution < 1.29 is 4.79 Å². The number of nitrogens with one attached hydrogen (secondary N) is 1. The van der Waals surface area contributed by atoms with Crippen LogP contribution in [0.25, 0.3) is 0 Å². The number of hydrogen-bond donors (Lipinski definition) is 1. The van der Waals surface area contributed by atoms with E-state index >= 15 is 0 Å². The van der Waals surface area contributed by atoms with Crippen molar-refractivity contribution in [1.29, 1.82) is 0 Å². The van der Waals surface area contributed by atoms with Gasteiger partial charge in [-0.05, 0) is 18.6 Å². The molecule has 2 aromatic rings. The third-order valence-electron chi connectivity index (χ3n) is 2.48. The minimum absolute atomic E-state index is 0.182. The molecular weight excluding hydrogens is 258 g/mol. The summed E-state index contributed by atoms with van der Waals surface area (Å²) in [6, 6.07) is 5.61. The average Bonchev–Trinajstić information content (AvgIpc) is 2.89. The predicted octanol–water partition coefficient (Wildman–Crippen LogP) is 2.86. The molecule has 2 heterocycles. The molecule has 19 heavy (non-hydrogen) atoms. The van der Waals surface area contributed by atoms with Gasteiger partial charge in [0.1, 0.15) is 0 Å². The molecule has 98 valence electrons. The van der Waals surface area contributed by atoms with E-state index in [2.05, 4.69) is 22.4 Å². The van der Waals surface area contributed by atoms with E-state index in [4.69, 9.17) is 0 Å². The van der Waals surface area contributed by atoms with Crippen molar-refractivity contribution in [1.82, 2.24) is 10.4 Å². The lowest BCUT2D eigenvalue weighted by Gasteiger charge is -1.96. The highest BCUT2D eigenvalue weighted by atomic mass is 32.1. The highest BCUT2D eigenvalue weighted by Gasteiger charge is 2.07. The number of aryl methyl sites for hydroxylation is 1. The van der Waals surface area contributed by atoms with Gasteiger partial charge in [-0.25, -0.2) is 5.43 Å². The van der Waals surface area contributed by atoms with Gasteiger partial charge in [-0.3, -0.25) is 9.78 Å². The second-order valence-corrected chi connectivity index (χ2v) is 5.03. The van der Waals surface area contributed by atoms with Crippen molar-refractivity contribution in [2.24, 2.45) is 5.10 Å². The largest absolute Gasteiger partial charge is 0.272 e. The molecule has 2 aromatic heterocycles. The highest BCUT2D eigenvalue weighted by Crippen LogP contribution is 2.16. The van der Waals surface area contributed by atoms with Crippen LogP contribution >= 0.6 is 11.3 Å². The fourth-order valence-corrected chi connectivity index (χ4v) is 2.53. The van der Waals surface area contributed by atoms with Crippen molar-refractivity contribution in [3.05, 3.63) is 52.0 Å². The topological polar surface area (TPSA) is 54.4 Å². The Labute approximate surface area is 116 Å². The second-order valence-electron chi connectivity index (χ2n) is 4.04. The van der Waals surface area contributed by atoms with Crippen LogP contribution in [-0.4, -0.2) is 17.1 Å². The lowest BCUT2D eigenvalue weighted by molar-refractivity contribution is 0.0955. The maximum atomic E-state index is 11.8. The minimum atomic E-state index is -0.182. The molecule has 0 aliphatic heterocycles. The third kappa shape index (κ3) is 3.99. The van der Waals surface area contributed by atoms with Gasteiger partial charge in [-0.2, -0.15) is 5.10 Å². The SMILES string of the molecule is CCCc1cc(C(=O)NN=Cc2cccnc2)cs1. The van der Waals surface area contributed by atoms with E-state index < -0.39 is 0 Å². The first-order valence-corrected chi connectivity index (χ1v) is 6.98. The van der Waals surface area contributed by atoms with Gasteiger partial charge in [0.05, 0.1) is 11.8 Å². The highest BCUT2D eigenvalue weighted by molar-refractivity contribution is 7.10. The number of amides is 1. The summed E-state index contributed by atoms with van der Waals surface area (Å²) in [6.07, 6.45) is 7.04. The van der Waals surface area contributed by atoms with E-state index in [9.17, 15) is 4.79 Å². The zero-order valence-electron chi connectivity index (χ0n) is 10.7. The van der Waals surface area contributed by atoms with Crippen LogP contribution in [0.2, 0.25) is 0 Å². The zero-order valence-corrected chi connectivity index (χ0v) is 11.5. The number of carbonyl (C=O) groups excluding carboxylic acids is 1. The summed E-state index contributed by atoms with van der Waals surface area (Å²) in [6.45, 7) is 2.12. The van der Waals surface area contributed by atoms with E-state index in [0.717, 1.165) is 18.4 Å². The predicted molar refractivity (Wildman–Crippen MR) is 77.6 cm³/mol. The molecule has 0 saturated heterocycles. The lowest BCUT2D eigenvalue weighted by atomic mass is 10.2. The lowest BCUT2D eigenvalue weighted by Crippen LogP contribution is -2.16. The first-order valence-electron chi connectivity index (χ1n) is 6.10. The third-order valence-corrected chi connectivity index (χ3v) is 3.47. The molecule has 1 amide bonds. The summed E-state index contributed by atoms with van der Waals surface area (Å²) in [5.74, 6) is -0.182. The molecule has 0 saturated carbocycles. The summed E-state index contributed by atoms with van der Waals surface area (Å²) < 4.78 is 0. The van der Waals surface area contributed by atoms with Crippen LogP contribution in [0.5, 0.6) is 0 Å². The molecule has 0 fully saturated rings. The maximum absolute atomic E-state index is 11.8. The Hall–Kier alpha value is -2.01. The van der Waals surface area contributed by atoms with Gasteiger partial charge in [0.15, 0.2) is 0 Å². The molecule has 0 spiro atoms. The van der Waals surface area contributed by atoms with Gasteiger partial charge in [-0.1, -0.05) is 19.4 Å². The molecular formula is C14H15N3OS. The molecule has 0 atom stereocenters. The minimum Gasteiger partial charge on any atom is -0.267 e. The molecule has 0 aliphatic rings. The smallest absolute Gasteiger partial charge is 0.267 e. The molecule has 2 rings (SSSR count). The normalized spacial score (nSPS) is 10.8. The number of pyridine rings is 1. The van der Waals surface area contributed by atoms with E-state index in [-0.39, 0.29) is 5.91 Å². The molecule has 0 aliphatic carbocycles. The van der Waals surface area contributed by atoms with Crippen molar-refractivity contribution in [3.8, 4) is 0 Å². The standard InChI is InChI=1S/C14H15N3OS/c1-2-4-13-7-12(10-19-13)14(18)17-16-9-11-5-3-6-15-8-11/h3,5-10H,2,4H2,1H3,(H,17,18). The van der Waals surface area contributed by atoms with Gasteiger partial charge >= 0.3 is 0 Å². The van der Waals surface area contributed by atoms with E-state index in [1.54, 1.807) is 29.9 Å². The van der Waals surface area contributed by atoms with Gasteiger partial charge in [-0.15, -0.1) is 11.3 Å². The van der Waals surface area contributed by atoms with Gasteiger partial charge in [0.2, 0.25) is 0 Å². The summed E-state index contributed by atoms with van der Waals surface area (Å²) in [7, 11) is 0. The molecule has 4 nitrogen and oxygen atoms in total. The van der Waals surface area contributed by atoms with Gasteiger partial charge in [0, 0.05) is 28.2 Å². The summed E-state index contributed by atoms with van der Waals surface area (Å²) in [5, 5.41) is 5.77. The number of rotatable bonds is 5. The van der Waals surface area contributed by atoms with Crippen LogP contribution < -0.4 is 5.43 Å². The summed E-state index contributed by atoms with van der Waals surface area (Å²) in [5.41, 5.74) is 4.02. The number of hydrogen-bond acceptors (Lipinski definition) is 4. The van der Waals surface area contributed by atoms with Gasteiger partial charge < -0.3 is 0 Å². The second kappa shape index (κ2) is 6.80. The maximum Gasteiger partial charge on any atom is 0.272 e. The summed E-state index contributed by atoms with van der Waals surface area (Å²) >= 11 is 1.61. The van der Waals surface area contributed by atoms with E-state index in [0.29, 0.717) is 5.56 Å². The first-order chi connectivity index (χ1) is 9.29. The van der Waals surface area contributed by atoms with Crippen LogP contribution in [0.1, 0.15) is 34.1 Å². The monoisotopic (exact) mass is 273 g/mol. The average molecular weight is 273 g/mol. The van der Waals surface area contributed by atoms with Crippen LogP contribution in [0.15, 0.2) is 41.1 Å². The van der Waals surface area contributed by atoms with E-state index in [1.807, 2.05) is 23.6 Å². The molecule has 0 unspecified atom stereocenters. The van der Waals surface area contributed by atoms with Gasteiger partial charge in [0.25, 0.3) is 5.91 Å². The van der Waals surface area contributed by atoms with Crippen molar-refractivity contribution in [3.63, 3.8) is 0 Å². The van der Waals surface area contributed by atoms with Crippen LogP contribution in [0, 0.1) is 0 Å². The Morgan fingerprint density at radius 1 is 1.58 bits per heavy atom. The van der Waals surface area contributed by atoms with Crippen LogP contribution in [-0.2, 0) is 6.42 Å². The fourth-order valence-electron chi connectivity index (χ4n) is 1.56. The van der Waals surface area contributed by atoms with Crippen LogP contribution in [0.4, 0.5) is 0 Å². The quantitative estimate of drug-likeness (QED) is 0.672. The number of carbonyl (C=O) groups is 1. The van der Waals surface area contributed by atoms with Crippen molar-refractivity contribution in [2.45, 2.75) is 19.8 Å². The van der Waals surface area contributed by atoms with Crippen molar-refractivity contribution in [2.75, 3.05) is 0 Å². The first kappa shape index (κ1) is 13.4. The Balaban J connectivity index is 1.92. The Morgan fingerprint density at radius 3 is 3.21 bits per heavy atom. The van der Waals surface area contributed by atoms with Crippen molar-refractivity contribution >= 4 is 23.5 Å². The number of hydrazone groups is 1. The van der Waals surface area contributed by atoms with E-state index in [1.165, 1.54) is 4.88 Å². The molecule has 0 radical (unpaired) electrons. The molecule has 5 heteroatoms. The number of thiophene rings is 1. The Morgan fingerprint density at radius 2 is 2.47 bits per heavy atom. The summed E-state index contributed by atoms with van der Waals surface area (Å²) in [4.78, 5) is 17.0. The Kier molecular flexibility index (Phi) is 4.80. The number of nitrogens with zero attached hydrogens (tertiary/aromatic N) is 2. The molecule has 0 aromatic carbocycles.